The first-order valence-corrected chi connectivity index (χ1v) is 11.8. The van der Waals surface area contributed by atoms with Crippen LogP contribution in [0.1, 0.15) is 35.6 Å². The zero-order valence-electron chi connectivity index (χ0n) is 19.0. The van der Waals surface area contributed by atoms with Crippen LogP contribution in [-0.2, 0) is 24.2 Å². The Bertz CT molecular complexity index is 1460. The minimum atomic E-state index is -1.23. The highest BCUT2D eigenvalue weighted by Gasteiger charge is 2.37. The predicted octanol–water partition coefficient (Wildman–Crippen LogP) is 0.872. The number of aromatic nitrogens is 1. The fraction of sp³-hybridized carbons (Fsp3) is 0.400. The highest BCUT2D eigenvalue weighted by atomic mass is 16.8. The molecule has 3 atom stereocenters. The van der Waals surface area contributed by atoms with E-state index in [0.29, 0.717) is 31.0 Å². The molecule has 182 valence electrons. The molecule has 3 aliphatic rings. The van der Waals surface area contributed by atoms with Gasteiger partial charge < -0.3 is 23.8 Å². The number of fused-ring (bicyclic) bond motifs is 7. The minimum Gasteiger partial charge on any atom is -0.595 e. The Morgan fingerprint density at radius 1 is 1.14 bits per heavy atom. The maximum Gasteiger partial charge on any atom is 0.339 e. The zero-order chi connectivity index (χ0) is 24.3. The third-order valence-electron chi connectivity index (χ3n) is 7.49. The van der Waals surface area contributed by atoms with Gasteiger partial charge in [0, 0.05) is 54.3 Å². The van der Waals surface area contributed by atoms with Gasteiger partial charge in [-0.05, 0) is 55.4 Å². The number of rotatable bonds is 4. The number of aryl methyl sites for hydroxylation is 1. The van der Waals surface area contributed by atoms with Crippen LogP contribution in [0.4, 0.5) is 5.69 Å². The van der Waals surface area contributed by atoms with Gasteiger partial charge >= 0.3 is 11.2 Å². The lowest BCUT2D eigenvalue weighted by Crippen LogP contribution is -3.00. The Kier molecular flexibility index (Phi) is 5.24. The lowest BCUT2D eigenvalue weighted by atomic mass is 9.83. The third kappa shape index (κ3) is 3.74. The maximum absolute atomic E-state index is 13.0. The Balaban J connectivity index is 1.17. The molecule has 10 heteroatoms. The van der Waals surface area contributed by atoms with E-state index in [0.717, 1.165) is 47.9 Å². The van der Waals surface area contributed by atoms with Crippen molar-refractivity contribution in [3.8, 4) is 5.75 Å². The number of nitrogens with zero attached hydrogens (tertiary/aromatic N) is 2. The first-order valence-electron chi connectivity index (χ1n) is 11.8. The van der Waals surface area contributed by atoms with Gasteiger partial charge in [-0.25, -0.2) is 10.0 Å². The molecule has 0 radical (unpaired) electrons. The van der Waals surface area contributed by atoms with Gasteiger partial charge in [-0.15, -0.1) is 0 Å². The maximum atomic E-state index is 13.0. The Morgan fingerprint density at radius 2 is 1.97 bits per heavy atom. The van der Waals surface area contributed by atoms with Crippen molar-refractivity contribution in [2.75, 3.05) is 19.7 Å². The quantitative estimate of drug-likeness (QED) is 0.420. The van der Waals surface area contributed by atoms with E-state index < -0.39 is 10.8 Å². The third-order valence-corrected chi connectivity index (χ3v) is 7.49. The normalized spacial score (nSPS) is 21.5. The number of carbonyl (C=O) groups excluding carboxylic acids is 1. The van der Waals surface area contributed by atoms with E-state index >= 15 is 0 Å². The molecule has 10 nitrogen and oxygen atoms in total. The summed E-state index contributed by atoms with van der Waals surface area (Å²) in [5.41, 5.74) is 2.04. The van der Waals surface area contributed by atoms with Gasteiger partial charge in [-0.2, -0.15) is 5.23 Å². The van der Waals surface area contributed by atoms with Crippen molar-refractivity contribution in [2.24, 2.45) is 5.92 Å². The summed E-state index contributed by atoms with van der Waals surface area (Å²) in [5.74, 6) is 0.346. The van der Waals surface area contributed by atoms with Crippen LogP contribution >= 0.6 is 0 Å². The van der Waals surface area contributed by atoms with Gasteiger partial charge in [-0.1, -0.05) is 0 Å². The fourth-order valence-corrected chi connectivity index (χ4v) is 5.90. The first kappa shape index (κ1) is 22.0. The number of benzene rings is 1. The average Bonchev–Trinajstić information content (AvgIpc) is 3.34. The number of piperidine rings is 1. The largest absolute Gasteiger partial charge is 0.595 e. The Labute approximate surface area is 199 Å². The molecule has 1 saturated heterocycles. The lowest BCUT2D eigenvalue weighted by Gasteiger charge is -2.42. The van der Waals surface area contributed by atoms with Crippen molar-refractivity contribution in [2.45, 2.75) is 38.1 Å². The van der Waals surface area contributed by atoms with E-state index in [4.69, 9.17) is 9.15 Å². The van der Waals surface area contributed by atoms with Gasteiger partial charge in [0.2, 0.25) is 5.69 Å². The number of ether oxygens (including phenoxy) is 1. The molecular formula is C25H25N3O7. The molecule has 1 fully saturated rings. The Morgan fingerprint density at radius 3 is 2.80 bits per heavy atom. The number of likely N-dealkylation sites (tertiary alicyclic amines) is 1. The molecular weight excluding hydrogens is 454 g/mol. The van der Waals surface area contributed by atoms with E-state index in [2.05, 4.69) is 0 Å². The van der Waals surface area contributed by atoms with E-state index in [1.54, 1.807) is 27.7 Å². The van der Waals surface area contributed by atoms with E-state index in [-0.39, 0.29) is 35.7 Å². The summed E-state index contributed by atoms with van der Waals surface area (Å²) in [4.78, 5) is 39.6. The van der Waals surface area contributed by atoms with E-state index in [1.165, 1.54) is 6.07 Å². The van der Waals surface area contributed by atoms with Crippen LogP contribution in [0.15, 0.2) is 44.3 Å². The first-order chi connectivity index (χ1) is 16.9. The summed E-state index contributed by atoms with van der Waals surface area (Å²) in [6, 6.07) is 8.38. The van der Waals surface area contributed by atoms with Crippen LogP contribution in [0, 0.1) is 11.1 Å². The minimum absolute atomic E-state index is 0.0287. The van der Waals surface area contributed by atoms with Gasteiger partial charge in [0.25, 0.3) is 5.91 Å². The second-order valence-electron chi connectivity index (χ2n) is 9.64. The van der Waals surface area contributed by atoms with Crippen molar-refractivity contribution in [1.82, 2.24) is 9.47 Å². The predicted molar refractivity (Wildman–Crippen MR) is 124 cm³/mol. The molecule has 3 unspecified atom stereocenters. The highest BCUT2D eigenvalue weighted by molar-refractivity contribution is 5.83. The average molecular weight is 479 g/mol. The molecule has 4 heterocycles. The molecule has 0 spiro atoms. The second-order valence-corrected chi connectivity index (χ2v) is 9.64. The summed E-state index contributed by atoms with van der Waals surface area (Å²) >= 11 is 0. The molecule has 0 saturated carbocycles. The molecule has 6 rings (SSSR count). The van der Waals surface area contributed by atoms with Crippen LogP contribution in [0.25, 0.3) is 11.0 Å². The van der Waals surface area contributed by atoms with Crippen molar-refractivity contribution in [1.29, 1.82) is 0 Å². The summed E-state index contributed by atoms with van der Waals surface area (Å²) in [7, 11) is 0. The molecule has 2 aromatic heterocycles. The molecule has 2 aliphatic heterocycles. The monoisotopic (exact) mass is 479 g/mol. The van der Waals surface area contributed by atoms with Gasteiger partial charge in [0.05, 0.1) is 0 Å². The number of hydrogen-bond donors (Lipinski definition) is 2. The van der Waals surface area contributed by atoms with Gasteiger partial charge in [-0.3, -0.25) is 9.59 Å². The van der Waals surface area contributed by atoms with Gasteiger partial charge in [0.1, 0.15) is 11.3 Å². The van der Waals surface area contributed by atoms with Crippen molar-refractivity contribution in [3.05, 3.63) is 73.1 Å². The standard InChI is InChI=1S/C25H25N3O7/c29-23(13-34-16-4-5-18-17-2-1-3-19(17)25(31)35-22(18)9-16)26-10-14-8-15(12-26)20-6-7-21(28(32)33)24(30)27(20)11-14/h4-7,9,14-15,28,32H,1-3,8,10-13H2. The number of carbonyl (C=O) groups is 1. The molecule has 2 N–H and O–H groups in total. The Hall–Kier alpha value is -3.47. The number of quaternary nitrogens is 1. The molecule has 1 aliphatic carbocycles. The summed E-state index contributed by atoms with van der Waals surface area (Å²) in [5, 5.41) is 20.3. The summed E-state index contributed by atoms with van der Waals surface area (Å²) in [6.07, 6.45) is 3.41. The van der Waals surface area contributed by atoms with Crippen LogP contribution in [0.2, 0.25) is 0 Å². The molecule has 1 amide bonds. The van der Waals surface area contributed by atoms with Gasteiger partial charge in [0.15, 0.2) is 6.61 Å². The zero-order valence-corrected chi connectivity index (χ0v) is 19.0. The lowest BCUT2D eigenvalue weighted by molar-refractivity contribution is -0.992. The summed E-state index contributed by atoms with van der Waals surface area (Å²) < 4.78 is 12.8. The molecule has 35 heavy (non-hydrogen) atoms. The number of pyridine rings is 1. The number of hydrogen-bond acceptors (Lipinski definition) is 7. The topological polar surface area (TPSA) is 129 Å². The highest BCUT2D eigenvalue weighted by Crippen LogP contribution is 2.35. The second kappa shape index (κ2) is 8.33. The van der Waals surface area contributed by atoms with Crippen LogP contribution in [0.3, 0.4) is 0 Å². The van der Waals surface area contributed by atoms with Crippen LogP contribution < -0.4 is 21.1 Å². The SMILES string of the molecule is O=C(COc1ccc2c3c(c(=O)oc2c1)CCC3)N1CC2CC(C1)c1ccc([NH+]([O-])O)c(=O)n1C2. The smallest absolute Gasteiger partial charge is 0.339 e. The van der Waals surface area contributed by atoms with Crippen LogP contribution in [0.5, 0.6) is 5.75 Å². The molecule has 2 bridgehead atoms. The van der Waals surface area contributed by atoms with E-state index in [9.17, 15) is 24.8 Å². The molecule has 3 aromatic rings. The fourth-order valence-electron chi connectivity index (χ4n) is 5.90. The number of amides is 1. The number of nitrogens with one attached hydrogen (secondary N) is 1. The van der Waals surface area contributed by atoms with Crippen molar-refractivity contribution in [3.63, 3.8) is 0 Å². The van der Waals surface area contributed by atoms with Crippen molar-refractivity contribution < 1.29 is 24.4 Å². The molecule has 1 aromatic carbocycles. The van der Waals surface area contributed by atoms with Crippen LogP contribution in [-0.4, -0.2) is 40.3 Å². The van der Waals surface area contributed by atoms with E-state index in [1.807, 2.05) is 6.07 Å². The summed E-state index contributed by atoms with van der Waals surface area (Å²) in [6.45, 7) is 1.18. The van der Waals surface area contributed by atoms with Crippen molar-refractivity contribution >= 4 is 22.6 Å².